The molecule has 15 heavy (non-hydrogen) atoms. The summed E-state index contributed by atoms with van der Waals surface area (Å²) in [5.41, 5.74) is 1.85. The molecule has 1 heteroatoms. The van der Waals surface area contributed by atoms with Gasteiger partial charge in [0.15, 0.2) is 0 Å². The molecule has 0 saturated carbocycles. The van der Waals surface area contributed by atoms with Crippen LogP contribution < -0.4 is 0 Å². The Morgan fingerprint density at radius 2 is 1.80 bits per heavy atom. The molecule has 0 spiro atoms. The van der Waals surface area contributed by atoms with E-state index < -0.39 is 0 Å². The first-order chi connectivity index (χ1) is 7.34. The van der Waals surface area contributed by atoms with E-state index in [1.54, 1.807) is 6.20 Å². The predicted octanol–water partition coefficient (Wildman–Crippen LogP) is 3.76. The van der Waals surface area contributed by atoms with Gasteiger partial charge in [-0.15, -0.1) is 0 Å². The van der Waals surface area contributed by atoms with Gasteiger partial charge in [-0.1, -0.05) is 49.1 Å². The summed E-state index contributed by atoms with van der Waals surface area (Å²) in [6, 6.07) is 0. The minimum atomic E-state index is 0.910. The number of hydrogen-bond acceptors (Lipinski definition) is 1. The molecule has 0 unspecified atom stereocenters. The Morgan fingerprint density at radius 1 is 1.07 bits per heavy atom. The van der Waals surface area contributed by atoms with Crippen LogP contribution in [0.5, 0.6) is 0 Å². The Kier molecular flexibility index (Phi) is 4.88. The van der Waals surface area contributed by atoms with Crippen molar-refractivity contribution in [2.45, 2.75) is 6.92 Å². The summed E-state index contributed by atoms with van der Waals surface area (Å²) in [5, 5.41) is 0. The van der Waals surface area contributed by atoms with Crippen LogP contribution in [0.25, 0.3) is 0 Å². The molecule has 0 aliphatic heterocycles. The SMILES string of the molecule is C=C1C=CC=C/C1=N/C=C/C=C\C=C\C. The molecule has 1 aliphatic rings. The van der Waals surface area contributed by atoms with E-state index in [0.717, 1.165) is 11.3 Å². The Bertz CT molecular complexity index is 388. The van der Waals surface area contributed by atoms with Gasteiger partial charge in [-0.25, -0.2) is 0 Å². The minimum Gasteiger partial charge on any atom is -0.256 e. The van der Waals surface area contributed by atoms with Crippen LogP contribution in [0, 0.1) is 0 Å². The van der Waals surface area contributed by atoms with Crippen molar-refractivity contribution in [3.8, 4) is 0 Å². The van der Waals surface area contributed by atoms with E-state index in [1.807, 2.05) is 61.6 Å². The lowest BCUT2D eigenvalue weighted by Gasteiger charge is -2.01. The van der Waals surface area contributed by atoms with Gasteiger partial charge in [0.25, 0.3) is 0 Å². The summed E-state index contributed by atoms with van der Waals surface area (Å²) in [6.45, 7) is 5.88. The van der Waals surface area contributed by atoms with Crippen molar-refractivity contribution < 1.29 is 0 Å². The van der Waals surface area contributed by atoms with Crippen molar-refractivity contribution in [3.05, 3.63) is 73.0 Å². The highest BCUT2D eigenvalue weighted by molar-refractivity contribution is 6.11. The smallest absolute Gasteiger partial charge is 0.0695 e. The summed E-state index contributed by atoms with van der Waals surface area (Å²) in [6.07, 6.45) is 19.3. The predicted molar refractivity (Wildman–Crippen MR) is 67.9 cm³/mol. The second-order valence-corrected chi connectivity index (χ2v) is 3.01. The molecule has 1 rings (SSSR count). The van der Waals surface area contributed by atoms with Crippen LogP contribution in [0.2, 0.25) is 0 Å². The number of nitrogens with zero attached hydrogens (tertiary/aromatic N) is 1. The molecular formula is C14H15N. The van der Waals surface area contributed by atoms with E-state index in [1.165, 1.54) is 0 Å². The third-order valence-electron chi connectivity index (χ3n) is 1.82. The molecule has 0 aromatic rings. The molecule has 0 N–H and O–H groups in total. The Hall–Kier alpha value is -1.89. The van der Waals surface area contributed by atoms with Gasteiger partial charge in [0, 0.05) is 6.20 Å². The van der Waals surface area contributed by atoms with Crippen molar-refractivity contribution in [3.63, 3.8) is 0 Å². The highest BCUT2D eigenvalue weighted by Crippen LogP contribution is 2.05. The quantitative estimate of drug-likeness (QED) is 0.611. The van der Waals surface area contributed by atoms with E-state index in [9.17, 15) is 0 Å². The van der Waals surface area contributed by atoms with E-state index in [-0.39, 0.29) is 0 Å². The van der Waals surface area contributed by atoms with Crippen LogP contribution >= 0.6 is 0 Å². The van der Waals surface area contributed by atoms with Gasteiger partial charge in [-0.3, -0.25) is 4.99 Å². The Morgan fingerprint density at radius 3 is 2.53 bits per heavy atom. The monoisotopic (exact) mass is 197 g/mol. The Balaban J connectivity index is 2.54. The number of allylic oxidation sites excluding steroid dienone is 10. The molecular weight excluding hydrogens is 182 g/mol. The van der Waals surface area contributed by atoms with Crippen LogP contribution in [-0.4, -0.2) is 5.71 Å². The van der Waals surface area contributed by atoms with Gasteiger partial charge in [0.2, 0.25) is 0 Å². The molecule has 0 aromatic heterocycles. The minimum absolute atomic E-state index is 0.910. The summed E-state index contributed by atoms with van der Waals surface area (Å²) < 4.78 is 0. The zero-order valence-electron chi connectivity index (χ0n) is 8.93. The van der Waals surface area contributed by atoms with Crippen molar-refractivity contribution >= 4 is 5.71 Å². The molecule has 0 aromatic carbocycles. The lowest BCUT2D eigenvalue weighted by molar-refractivity contribution is 1.53. The van der Waals surface area contributed by atoms with E-state index in [4.69, 9.17) is 0 Å². The highest BCUT2D eigenvalue weighted by atomic mass is 14.7. The fraction of sp³-hybridized carbons (Fsp3) is 0.0714. The van der Waals surface area contributed by atoms with Gasteiger partial charge in [0.1, 0.15) is 0 Å². The largest absolute Gasteiger partial charge is 0.256 e. The average molecular weight is 197 g/mol. The maximum Gasteiger partial charge on any atom is 0.0695 e. The molecule has 0 amide bonds. The van der Waals surface area contributed by atoms with Gasteiger partial charge in [-0.05, 0) is 24.6 Å². The molecule has 0 atom stereocenters. The fourth-order valence-electron chi connectivity index (χ4n) is 1.05. The van der Waals surface area contributed by atoms with E-state index >= 15 is 0 Å². The lowest BCUT2D eigenvalue weighted by Crippen LogP contribution is -1.96. The average Bonchev–Trinajstić information content (AvgIpc) is 2.25. The van der Waals surface area contributed by atoms with Crippen LogP contribution in [0.1, 0.15) is 6.92 Å². The van der Waals surface area contributed by atoms with Crippen molar-refractivity contribution in [2.24, 2.45) is 4.99 Å². The van der Waals surface area contributed by atoms with Gasteiger partial charge >= 0.3 is 0 Å². The first-order valence-corrected chi connectivity index (χ1v) is 4.91. The molecule has 1 aliphatic carbocycles. The maximum absolute atomic E-state index is 4.29. The molecule has 1 nitrogen and oxygen atoms in total. The van der Waals surface area contributed by atoms with Gasteiger partial charge in [0.05, 0.1) is 5.71 Å². The first kappa shape index (κ1) is 11.2. The number of aliphatic imine (C=N–C) groups is 1. The summed E-state index contributed by atoms with van der Waals surface area (Å²) >= 11 is 0. The molecule has 76 valence electrons. The zero-order valence-corrected chi connectivity index (χ0v) is 8.93. The van der Waals surface area contributed by atoms with Crippen molar-refractivity contribution in [1.29, 1.82) is 0 Å². The van der Waals surface area contributed by atoms with Crippen LogP contribution in [0.3, 0.4) is 0 Å². The normalized spacial score (nSPS) is 19.3. The highest BCUT2D eigenvalue weighted by Gasteiger charge is 1.97. The lowest BCUT2D eigenvalue weighted by atomic mass is 10.1. The van der Waals surface area contributed by atoms with Crippen LogP contribution in [-0.2, 0) is 0 Å². The number of hydrogen-bond donors (Lipinski definition) is 0. The molecule has 0 radical (unpaired) electrons. The second kappa shape index (κ2) is 6.55. The van der Waals surface area contributed by atoms with E-state index in [0.29, 0.717) is 0 Å². The molecule has 0 heterocycles. The fourth-order valence-corrected chi connectivity index (χ4v) is 1.05. The van der Waals surface area contributed by atoms with Crippen molar-refractivity contribution in [1.82, 2.24) is 0 Å². The summed E-state index contributed by atoms with van der Waals surface area (Å²) in [7, 11) is 0. The standard InChI is InChI=1S/C14H15N/c1-3-4-5-6-9-12-15-14-11-8-7-10-13(14)2/h3-12H,2H2,1H3/b4-3+,6-5-,12-9+,15-14-. The van der Waals surface area contributed by atoms with Crippen LogP contribution in [0.15, 0.2) is 78.0 Å². The number of rotatable bonds is 3. The summed E-state index contributed by atoms with van der Waals surface area (Å²) in [5.74, 6) is 0. The second-order valence-electron chi connectivity index (χ2n) is 3.01. The molecule has 0 bridgehead atoms. The molecule has 0 fully saturated rings. The third kappa shape index (κ3) is 4.23. The topological polar surface area (TPSA) is 12.4 Å². The summed E-state index contributed by atoms with van der Waals surface area (Å²) in [4.78, 5) is 4.29. The van der Waals surface area contributed by atoms with E-state index in [2.05, 4.69) is 11.6 Å². The van der Waals surface area contributed by atoms with Gasteiger partial charge < -0.3 is 0 Å². The van der Waals surface area contributed by atoms with Gasteiger partial charge in [-0.2, -0.15) is 0 Å². The molecule has 0 saturated heterocycles. The first-order valence-electron chi connectivity index (χ1n) is 4.91. The Labute approximate surface area is 91.2 Å². The maximum atomic E-state index is 4.29. The van der Waals surface area contributed by atoms with Crippen LogP contribution in [0.4, 0.5) is 0 Å². The third-order valence-corrected chi connectivity index (χ3v) is 1.82. The zero-order chi connectivity index (χ0) is 10.9. The van der Waals surface area contributed by atoms with Crippen molar-refractivity contribution in [2.75, 3.05) is 0 Å².